The molecule has 0 bridgehead atoms. The summed E-state index contributed by atoms with van der Waals surface area (Å²) in [5.41, 5.74) is 3.99. The highest BCUT2D eigenvalue weighted by Gasteiger charge is 2.27. The van der Waals surface area contributed by atoms with Crippen LogP contribution < -0.4 is 24.6 Å². The molecule has 3 aromatic rings. The van der Waals surface area contributed by atoms with Crippen molar-refractivity contribution in [3.63, 3.8) is 0 Å². The van der Waals surface area contributed by atoms with Gasteiger partial charge in [0.2, 0.25) is 5.95 Å². The summed E-state index contributed by atoms with van der Waals surface area (Å²) in [6.45, 7) is 8.62. The Kier molecular flexibility index (Phi) is 9.23. The predicted molar refractivity (Wildman–Crippen MR) is 166 cm³/mol. The second-order valence-corrected chi connectivity index (χ2v) is 11.7. The van der Waals surface area contributed by atoms with Crippen molar-refractivity contribution >= 4 is 45.8 Å². The van der Waals surface area contributed by atoms with Gasteiger partial charge >= 0.3 is 0 Å². The van der Waals surface area contributed by atoms with Crippen molar-refractivity contribution in [3.8, 4) is 5.75 Å². The summed E-state index contributed by atoms with van der Waals surface area (Å²) >= 11 is -2.15. The van der Waals surface area contributed by atoms with Gasteiger partial charge in [0.1, 0.15) is 11.6 Å². The molecule has 41 heavy (non-hydrogen) atoms. The smallest absolute Gasteiger partial charge is 0.261 e. The van der Waals surface area contributed by atoms with Crippen LogP contribution in [0.25, 0.3) is 0 Å². The molecule has 11 nitrogen and oxygen atoms in total. The summed E-state index contributed by atoms with van der Waals surface area (Å²) in [5, 5.41) is 6.59. The molecular weight excluding hydrogens is 540 g/mol. The van der Waals surface area contributed by atoms with E-state index in [2.05, 4.69) is 54.5 Å². The molecule has 2 aliphatic heterocycles. The predicted octanol–water partition coefficient (Wildman–Crippen LogP) is 4.07. The molecule has 5 rings (SSSR count). The van der Waals surface area contributed by atoms with Crippen LogP contribution in [-0.2, 0) is 11.3 Å². The van der Waals surface area contributed by atoms with E-state index in [0.29, 0.717) is 29.2 Å². The molecular formula is C29H40N8O3S. The van der Waals surface area contributed by atoms with E-state index in [-0.39, 0.29) is 0 Å². The maximum atomic E-state index is 11.7. The fourth-order valence-electron chi connectivity index (χ4n) is 5.47. The molecule has 0 radical (unpaired) electrons. The van der Waals surface area contributed by atoms with E-state index in [0.717, 1.165) is 48.9 Å². The van der Waals surface area contributed by atoms with Gasteiger partial charge in [-0.05, 0) is 51.1 Å². The van der Waals surface area contributed by atoms with E-state index in [9.17, 15) is 8.76 Å². The molecule has 3 heterocycles. The number of nitrogens with zero attached hydrogens (tertiary/aromatic N) is 6. The Morgan fingerprint density at radius 2 is 1.76 bits per heavy atom. The first-order chi connectivity index (χ1) is 19.8. The number of anilines is 6. The summed E-state index contributed by atoms with van der Waals surface area (Å²) in [6, 6.07) is 14.2. The lowest BCUT2D eigenvalue weighted by molar-refractivity contribution is 0.0982. The topological polar surface area (TPSA) is 109 Å². The monoisotopic (exact) mass is 580 g/mol. The lowest BCUT2D eigenvalue weighted by atomic mass is 10.0. The van der Waals surface area contributed by atoms with Crippen molar-refractivity contribution in [1.29, 1.82) is 0 Å². The maximum absolute atomic E-state index is 11.7. The van der Waals surface area contributed by atoms with Crippen LogP contribution in [0.4, 0.5) is 34.5 Å². The summed E-state index contributed by atoms with van der Waals surface area (Å²) in [7, 11) is 5.43. The number of ether oxygens (including phenoxy) is 1. The first-order valence-corrected chi connectivity index (χ1v) is 15.1. The highest BCUT2D eigenvalue weighted by atomic mass is 32.2. The van der Waals surface area contributed by atoms with Crippen LogP contribution in [0.1, 0.15) is 18.4 Å². The normalized spacial score (nSPS) is 17.7. The Labute approximate surface area is 244 Å². The SMILES string of the molecule is COc1cc(N2CCC(N3CCN(C)CC3)CC2)ccc1Nc1ncc(C)c(Nc2ccccc2N(C)S(=O)O)n1. The number of piperidine rings is 1. The van der Waals surface area contributed by atoms with Gasteiger partial charge in [0.15, 0.2) is 0 Å². The third-order valence-corrected chi connectivity index (χ3v) is 8.68. The third-order valence-electron chi connectivity index (χ3n) is 8.02. The molecule has 0 saturated carbocycles. The van der Waals surface area contributed by atoms with Crippen molar-refractivity contribution < 1.29 is 13.5 Å². The molecule has 1 aromatic heterocycles. The van der Waals surface area contributed by atoms with Gasteiger partial charge < -0.3 is 25.2 Å². The first-order valence-electron chi connectivity index (χ1n) is 14.0. The molecule has 2 fully saturated rings. The van der Waals surface area contributed by atoms with Gasteiger partial charge in [-0.25, -0.2) is 9.19 Å². The van der Waals surface area contributed by atoms with E-state index in [1.165, 1.54) is 30.2 Å². The summed E-state index contributed by atoms with van der Waals surface area (Å²) < 4.78 is 28.3. The van der Waals surface area contributed by atoms with E-state index in [1.807, 2.05) is 31.2 Å². The van der Waals surface area contributed by atoms with Gasteiger partial charge in [-0.15, -0.1) is 0 Å². The summed E-state index contributed by atoms with van der Waals surface area (Å²) in [5.74, 6) is 1.72. The van der Waals surface area contributed by atoms with Gasteiger partial charge in [-0.2, -0.15) is 4.98 Å². The molecule has 0 aliphatic carbocycles. The van der Waals surface area contributed by atoms with Crippen LogP contribution >= 0.6 is 0 Å². The van der Waals surface area contributed by atoms with Crippen LogP contribution in [0.2, 0.25) is 0 Å². The van der Waals surface area contributed by atoms with Crippen molar-refractivity contribution in [2.75, 3.05) is 80.3 Å². The minimum atomic E-state index is -2.15. The Hall–Kier alpha value is -3.45. The quantitative estimate of drug-likeness (QED) is 0.321. The van der Waals surface area contributed by atoms with Crippen molar-refractivity contribution in [3.05, 3.63) is 54.2 Å². The summed E-state index contributed by atoms with van der Waals surface area (Å²) in [6.07, 6.45) is 4.08. The highest BCUT2D eigenvalue weighted by Crippen LogP contribution is 2.34. The van der Waals surface area contributed by atoms with Crippen molar-refractivity contribution in [1.82, 2.24) is 19.8 Å². The zero-order valence-electron chi connectivity index (χ0n) is 24.2. The molecule has 1 atom stereocenters. The number of benzene rings is 2. The number of piperazine rings is 1. The largest absolute Gasteiger partial charge is 0.494 e. The number of likely N-dealkylation sites (N-methyl/N-ethyl adjacent to an activating group) is 1. The fraction of sp³-hybridized carbons (Fsp3) is 0.448. The fourth-order valence-corrected chi connectivity index (χ4v) is 5.80. The van der Waals surface area contributed by atoms with Crippen LogP contribution in [-0.4, -0.2) is 95.0 Å². The first kappa shape index (κ1) is 29.1. The maximum Gasteiger partial charge on any atom is 0.261 e. The lowest BCUT2D eigenvalue weighted by Gasteiger charge is -2.42. The molecule has 0 spiro atoms. The van der Waals surface area contributed by atoms with Crippen molar-refractivity contribution in [2.45, 2.75) is 25.8 Å². The van der Waals surface area contributed by atoms with E-state index in [1.54, 1.807) is 26.4 Å². The van der Waals surface area contributed by atoms with E-state index >= 15 is 0 Å². The van der Waals surface area contributed by atoms with Gasteiger partial charge in [0.25, 0.3) is 11.3 Å². The Balaban J connectivity index is 1.27. The Morgan fingerprint density at radius 3 is 2.46 bits per heavy atom. The second-order valence-electron chi connectivity index (χ2n) is 10.7. The number of hydrogen-bond acceptors (Lipinski definition) is 9. The molecule has 220 valence electrons. The number of rotatable bonds is 9. The molecule has 2 saturated heterocycles. The number of aryl methyl sites for hydroxylation is 1. The van der Waals surface area contributed by atoms with Gasteiger partial charge in [0.05, 0.1) is 24.2 Å². The zero-order chi connectivity index (χ0) is 28.9. The van der Waals surface area contributed by atoms with E-state index in [4.69, 9.17) is 4.74 Å². The summed E-state index contributed by atoms with van der Waals surface area (Å²) in [4.78, 5) is 16.7. The average Bonchev–Trinajstić information content (AvgIpc) is 2.99. The lowest BCUT2D eigenvalue weighted by Crippen LogP contribution is -2.52. The minimum Gasteiger partial charge on any atom is -0.494 e. The van der Waals surface area contributed by atoms with E-state index < -0.39 is 11.3 Å². The van der Waals surface area contributed by atoms with Crippen LogP contribution in [0.3, 0.4) is 0 Å². The van der Waals surface area contributed by atoms with Gasteiger partial charge in [-0.3, -0.25) is 13.8 Å². The number of para-hydroxylation sites is 2. The number of methoxy groups -OCH3 is 1. The zero-order valence-corrected chi connectivity index (χ0v) is 25.0. The Bertz CT molecular complexity index is 1360. The van der Waals surface area contributed by atoms with Crippen molar-refractivity contribution in [2.24, 2.45) is 0 Å². The number of nitrogens with one attached hydrogen (secondary N) is 2. The standard InChI is InChI=1S/C29H40N8O3S/c1-21-20-30-29(33-28(21)31-24-7-5-6-8-26(24)35(3)41(38)39)32-25-10-9-23(19-27(25)40-4)36-13-11-22(12-14-36)37-17-15-34(2)16-18-37/h5-10,19-20,22H,11-18H2,1-4H3,(H,38,39)(H2,30,31,32,33). The molecule has 2 aliphatic rings. The molecule has 1 unspecified atom stereocenters. The minimum absolute atomic E-state index is 0.411. The van der Waals surface area contributed by atoms with Gasteiger partial charge in [-0.1, -0.05) is 12.1 Å². The molecule has 0 amide bonds. The average molecular weight is 581 g/mol. The second kappa shape index (κ2) is 13.0. The molecule has 2 aromatic carbocycles. The molecule has 3 N–H and O–H groups in total. The Morgan fingerprint density at radius 1 is 1.02 bits per heavy atom. The third kappa shape index (κ3) is 6.89. The van der Waals surface area contributed by atoms with Crippen LogP contribution in [0.5, 0.6) is 5.75 Å². The highest BCUT2D eigenvalue weighted by molar-refractivity contribution is 7.80. The van der Waals surface area contributed by atoms with Crippen LogP contribution in [0, 0.1) is 6.92 Å². The van der Waals surface area contributed by atoms with Gasteiger partial charge in [0, 0.05) is 75.9 Å². The number of hydrogen-bond donors (Lipinski definition) is 3. The molecule has 12 heteroatoms. The van der Waals surface area contributed by atoms with Crippen LogP contribution in [0.15, 0.2) is 48.7 Å². The number of aromatic nitrogens is 2.